The third kappa shape index (κ3) is 4.40. The summed E-state index contributed by atoms with van der Waals surface area (Å²) < 4.78 is 31.9. The lowest BCUT2D eigenvalue weighted by molar-refractivity contribution is 0.136. The van der Waals surface area contributed by atoms with E-state index in [0.717, 1.165) is 62.5 Å². The Bertz CT molecular complexity index is 646. The first-order valence-electron chi connectivity index (χ1n) is 8.66. The van der Waals surface area contributed by atoms with Crippen molar-refractivity contribution >= 4 is 10.0 Å². The van der Waals surface area contributed by atoms with E-state index in [1.54, 1.807) is 0 Å². The first kappa shape index (κ1) is 17.5. The molecule has 0 atom stereocenters. The molecule has 3 aliphatic heterocycles. The van der Waals surface area contributed by atoms with Gasteiger partial charge in [-0.05, 0) is 62.5 Å². The zero-order chi connectivity index (χ0) is 17.0. The number of rotatable bonds is 5. The number of sulfonamides is 1. The summed E-state index contributed by atoms with van der Waals surface area (Å²) >= 11 is 0. The molecule has 0 saturated carbocycles. The van der Waals surface area contributed by atoms with Crippen LogP contribution in [-0.4, -0.2) is 58.3 Å². The van der Waals surface area contributed by atoms with Gasteiger partial charge in [-0.2, -0.15) is 0 Å². The summed E-state index contributed by atoms with van der Waals surface area (Å²) in [6, 6.07) is 0. The van der Waals surface area contributed by atoms with Crippen molar-refractivity contribution in [3.63, 3.8) is 0 Å². The molecule has 0 aromatic heterocycles. The lowest BCUT2D eigenvalue weighted by Gasteiger charge is -2.32. The van der Waals surface area contributed by atoms with E-state index < -0.39 is 10.0 Å². The predicted molar refractivity (Wildman–Crippen MR) is 94.8 cm³/mol. The van der Waals surface area contributed by atoms with Crippen molar-refractivity contribution in [1.29, 1.82) is 0 Å². The quantitative estimate of drug-likeness (QED) is 0.771. The fourth-order valence-electron chi connectivity index (χ4n) is 3.32. The summed E-state index contributed by atoms with van der Waals surface area (Å²) in [5, 5.41) is 6.60. The van der Waals surface area contributed by atoms with Crippen LogP contribution in [0.25, 0.3) is 0 Å². The number of allylic oxidation sites excluding steroid dienone is 3. The van der Waals surface area contributed by atoms with E-state index >= 15 is 0 Å². The fraction of sp³-hybridized carbons (Fsp3) is 0.647. The van der Waals surface area contributed by atoms with Gasteiger partial charge >= 0.3 is 0 Å². The molecule has 24 heavy (non-hydrogen) atoms. The maximum atomic E-state index is 12.2. The van der Waals surface area contributed by atoms with Gasteiger partial charge in [0.2, 0.25) is 10.0 Å². The zero-order valence-electron chi connectivity index (χ0n) is 14.3. The molecule has 1 saturated heterocycles. The van der Waals surface area contributed by atoms with Crippen molar-refractivity contribution in [2.75, 3.05) is 45.6 Å². The number of ether oxygens (including phenoxy) is 1. The topological polar surface area (TPSA) is 70.7 Å². The van der Waals surface area contributed by atoms with Crippen LogP contribution in [0.2, 0.25) is 0 Å². The molecular weight excluding hydrogens is 326 g/mol. The van der Waals surface area contributed by atoms with Gasteiger partial charge in [0.05, 0.1) is 25.1 Å². The van der Waals surface area contributed by atoms with Crippen LogP contribution in [0.15, 0.2) is 35.3 Å². The van der Waals surface area contributed by atoms with E-state index in [-0.39, 0.29) is 0 Å². The number of piperidine rings is 1. The molecule has 0 bridgehead atoms. The highest BCUT2D eigenvalue weighted by molar-refractivity contribution is 7.88. The fourth-order valence-corrected chi connectivity index (χ4v) is 4.22. The highest BCUT2D eigenvalue weighted by atomic mass is 32.2. The third-order valence-corrected chi connectivity index (χ3v) is 5.88. The lowest BCUT2D eigenvalue weighted by atomic mass is 9.99. The summed E-state index contributed by atoms with van der Waals surface area (Å²) in [4.78, 5) is 0. The molecule has 0 unspecified atom stereocenters. The normalized spacial score (nSPS) is 23.4. The average Bonchev–Trinajstić information content (AvgIpc) is 2.61. The maximum Gasteiger partial charge on any atom is 0.232 e. The average molecular weight is 353 g/mol. The van der Waals surface area contributed by atoms with Crippen LogP contribution in [0.4, 0.5) is 0 Å². The maximum absolute atomic E-state index is 12.2. The van der Waals surface area contributed by atoms with Gasteiger partial charge in [-0.15, -0.1) is 0 Å². The third-order valence-electron chi connectivity index (χ3n) is 4.75. The van der Waals surface area contributed by atoms with Gasteiger partial charge in [0, 0.05) is 6.54 Å². The van der Waals surface area contributed by atoms with Crippen LogP contribution in [0.3, 0.4) is 0 Å². The summed E-state index contributed by atoms with van der Waals surface area (Å²) in [7, 11) is -3.33. The van der Waals surface area contributed by atoms with Crippen LogP contribution in [0, 0.1) is 5.92 Å². The van der Waals surface area contributed by atoms with Crippen molar-refractivity contribution in [2.45, 2.75) is 19.3 Å². The van der Waals surface area contributed by atoms with E-state index in [4.69, 9.17) is 4.74 Å². The first-order chi connectivity index (χ1) is 11.5. The minimum absolute atomic E-state index is 0.292. The van der Waals surface area contributed by atoms with Crippen LogP contribution in [0.1, 0.15) is 19.3 Å². The Morgan fingerprint density at radius 3 is 2.67 bits per heavy atom. The molecule has 3 rings (SSSR count). The van der Waals surface area contributed by atoms with E-state index in [2.05, 4.69) is 16.7 Å². The molecule has 7 heteroatoms. The van der Waals surface area contributed by atoms with Crippen molar-refractivity contribution in [3.8, 4) is 0 Å². The zero-order valence-corrected chi connectivity index (χ0v) is 15.1. The van der Waals surface area contributed by atoms with Gasteiger partial charge in [0.15, 0.2) is 0 Å². The minimum atomic E-state index is -3.33. The van der Waals surface area contributed by atoms with Crippen LogP contribution in [0.5, 0.6) is 0 Å². The molecule has 0 spiro atoms. The van der Waals surface area contributed by atoms with Gasteiger partial charge in [0.1, 0.15) is 5.76 Å². The smallest absolute Gasteiger partial charge is 0.232 e. The van der Waals surface area contributed by atoms with Crippen LogP contribution in [-0.2, 0) is 14.8 Å². The number of hydrogen-bond acceptors (Lipinski definition) is 5. The van der Waals surface area contributed by atoms with Gasteiger partial charge in [0.25, 0.3) is 0 Å². The van der Waals surface area contributed by atoms with Gasteiger partial charge in [-0.1, -0.05) is 6.08 Å². The molecule has 0 amide bonds. The molecule has 6 nitrogen and oxygen atoms in total. The standard InChI is InChI=1S/C17H27N3O3S/c1-24(21,22)20-12-16(23-13-14-4-8-18-9-5-14)2-3-17(20)15-6-10-19-11-7-15/h2-3,6,14,18-19H,4-5,7-13H2,1H3. The van der Waals surface area contributed by atoms with Gasteiger partial charge < -0.3 is 15.4 Å². The van der Waals surface area contributed by atoms with Crippen LogP contribution < -0.4 is 10.6 Å². The summed E-state index contributed by atoms with van der Waals surface area (Å²) in [5.74, 6) is 1.29. The Hall–Kier alpha value is -1.31. The molecule has 3 heterocycles. The molecule has 3 aliphatic rings. The molecule has 0 aromatic rings. The van der Waals surface area contributed by atoms with E-state index in [9.17, 15) is 8.42 Å². The van der Waals surface area contributed by atoms with Gasteiger partial charge in [-0.25, -0.2) is 8.42 Å². The Morgan fingerprint density at radius 1 is 1.21 bits per heavy atom. The summed E-state index contributed by atoms with van der Waals surface area (Å²) in [6.45, 7) is 4.70. The van der Waals surface area contributed by atoms with Crippen molar-refractivity contribution < 1.29 is 13.2 Å². The molecule has 2 N–H and O–H groups in total. The van der Waals surface area contributed by atoms with Crippen molar-refractivity contribution in [1.82, 2.24) is 14.9 Å². The highest BCUT2D eigenvalue weighted by Gasteiger charge is 2.27. The molecule has 0 aromatic carbocycles. The highest BCUT2D eigenvalue weighted by Crippen LogP contribution is 2.28. The van der Waals surface area contributed by atoms with Crippen molar-refractivity contribution in [2.24, 2.45) is 5.92 Å². The van der Waals surface area contributed by atoms with Crippen LogP contribution >= 0.6 is 0 Å². The molecule has 0 radical (unpaired) electrons. The molecule has 134 valence electrons. The second kappa shape index (κ2) is 7.72. The van der Waals surface area contributed by atoms with E-state index in [1.807, 2.05) is 12.2 Å². The summed E-state index contributed by atoms with van der Waals surface area (Å²) in [6.07, 6.45) is 10.2. The summed E-state index contributed by atoms with van der Waals surface area (Å²) in [5.41, 5.74) is 1.88. The Kier molecular flexibility index (Phi) is 5.63. The predicted octanol–water partition coefficient (Wildman–Crippen LogP) is 0.965. The molecule has 0 aliphatic carbocycles. The Morgan fingerprint density at radius 2 is 2.00 bits per heavy atom. The second-order valence-corrected chi connectivity index (χ2v) is 8.55. The Balaban J connectivity index is 1.71. The number of hydrogen-bond donors (Lipinski definition) is 2. The first-order valence-corrected chi connectivity index (χ1v) is 10.5. The van der Waals surface area contributed by atoms with E-state index in [1.165, 1.54) is 10.6 Å². The van der Waals surface area contributed by atoms with Gasteiger partial charge in [-0.3, -0.25) is 4.31 Å². The Labute approximate surface area is 144 Å². The molecular formula is C17H27N3O3S. The second-order valence-electron chi connectivity index (χ2n) is 6.64. The SMILES string of the molecule is CS(=O)(=O)N1CC(OCC2CCNCC2)=CC=C1C1=CCNCC1. The molecule has 1 fully saturated rings. The lowest BCUT2D eigenvalue weighted by Crippen LogP contribution is -2.36. The largest absolute Gasteiger partial charge is 0.496 e. The monoisotopic (exact) mass is 353 g/mol. The van der Waals surface area contributed by atoms with E-state index in [0.29, 0.717) is 19.1 Å². The number of nitrogens with zero attached hydrogens (tertiary/aromatic N) is 1. The minimum Gasteiger partial charge on any atom is -0.496 e. The number of nitrogens with one attached hydrogen (secondary N) is 2. The van der Waals surface area contributed by atoms with Crippen molar-refractivity contribution in [3.05, 3.63) is 35.3 Å².